The first-order valence-corrected chi connectivity index (χ1v) is 8.64. The molecule has 0 saturated carbocycles. The molecule has 5 nitrogen and oxygen atoms in total. The van der Waals surface area contributed by atoms with Gasteiger partial charge < -0.3 is 20.5 Å². The lowest BCUT2D eigenvalue weighted by Gasteiger charge is -2.28. The van der Waals surface area contributed by atoms with Crippen LogP contribution in [0.3, 0.4) is 0 Å². The second-order valence-corrected chi connectivity index (χ2v) is 7.14. The van der Waals surface area contributed by atoms with Crippen LogP contribution in [0.25, 0.3) is 0 Å². The maximum absolute atomic E-state index is 10.3. The SMILES string of the molecule is CCNC(=NCC(OC)C(C)(C)C)NCC(O)c1ccccc1Cl. The molecule has 3 N–H and O–H groups in total. The molecule has 0 aliphatic carbocycles. The lowest BCUT2D eigenvalue weighted by molar-refractivity contribution is 0.0241. The molecule has 0 amide bonds. The number of ether oxygens (including phenoxy) is 1. The maximum Gasteiger partial charge on any atom is 0.191 e. The van der Waals surface area contributed by atoms with Crippen LogP contribution in [0.15, 0.2) is 29.3 Å². The minimum atomic E-state index is -0.705. The highest BCUT2D eigenvalue weighted by molar-refractivity contribution is 6.31. The summed E-state index contributed by atoms with van der Waals surface area (Å²) in [5.74, 6) is 0.648. The van der Waals surface area contributed by atoms with Crippen LogP contribution in [0.5, 0.6) is 0 Å². The van der Waals surface area contributed by atoms with Gasteiger partial charge in [0.25, 0.3) is 0 Å². The molecular weight excluding hydrogens is 326 g/mol. The Morgan fingerprint density at radius 1 is 1.29 bits per heavy atom. The maximum atomic E-state index is 10.3. The van der Waals surface area contributed by atoms with E-state index in [9.17, 15) is 5.11 Å². The molecule has 0 aromatic heterocycles. The molecule has 0 spiro atoms. The van der Waals surface area contributed by atoms with Gasteiger partial charge in [-0.3, -0.25) is 4.99 Å². The number of aliphatic imine (C=N–C) groups is 1. The fourth-order valence-electron chi connectivity index (χ4n) is 2.27. The van der Waals surface area contributed by atoms with E-state index in [-0.39, 0.29) is 11.5 Å². The van der Waals surface area contributed by atoms with Crippen LogP contribution in [0.1, 0.15) is 39.4 Å². The number of halogens is 1. The normalized spacial score (nSPS) is 15.0. The Morgan fingerprint density at radius 2 is 1.96 bits per heavy atom. The third-order valence-corrected chi connectivity index (χ3v) is 4.08. The summed E-state index contributed by atoms with van der Waals surface area (Å²) in [6.45, 7) is 9.97. The van der Waals surface area contributed by atoms with Crippen molar-refractivity contribution in [2.75, 3.05) is 26.7 Å². The topological polar surface area (TPSA) is 65.9 Å². The van der Waals surface area contributed by atoms with Crippen molar-refractivity contribution in [3.8, 4) is 0 Å². The van der Waals surface area contributed by atoms with Gasteiger partial charge >= 0.3 is 0 Å². The summed E-state index contributed by atoms with van der Waals surface area (Å²) in [4.78, 5) is 4.56. The lowest BCUT2D eigenvalue weighted by atomic mass is 9.89. The first kappa shape index (κ1) is 20.7. The number of nitrogens with zero attached hydrogens (tertiary/aromatic N) is 1. The van der Waals surface area contributed by atoms with E-state index in [1.165, 1.54) is 0 Å². The average molecular weight is 356 g/mol. The molecule has 6 heteroatoms. The van der Waals surface area contributed by atoms with Crippen LogP contribution in [-0.4, -0.2) is 43.9 Å². The van der Waals surface area contributed by atoms with Gasteiger partial charge in [-0.1, -0.05) is 50.6 Å². The minimum Gasteiger partial charge on any atom is -0.387 e. The summed E-state index contributed by atoms with van der Waals surface area (Å²) in [5, 5.41) is 17.2. The Hall–Kier alpha value is -1.30. The van der Waals surface area contributed by atoms with Crippen LogP contribution in [-0.2, 0) is 4.74 Å². The first-order chi connectivity index (χ1) is 11.3. The summed E-state index contributed by atoms with van der Waals surface area (Å²) in [6.07, 6.45) is -0.690. The van der Waals surface area contributed by atoms with E-state index in [4.69, 9.17) is 16.3 Å². The molecule has 0 bridgehead atoms. The van der Waals surface area contributed by atoms with Gasteiger partial charge in [0, 0.05) is 30.8 Å². The minimum absolute atomic E-state index is 0.00660. The largest absolute Gasteiger partial charge is 0.387 e. The average Bonchev–Trinajstić information content (AvgIpc) is 2.51. The highest BCUT2D eigenvalue weighted by Gasteiger charge is 2.24. The fraction of sp³-hybridized carbons (Fsp3) is 0.611. The molecule has 2 unspecified atom stereocenters. The van der Waals surface area contributed by atoms with Crippen molar-refractivity contribution in [2.24, 2.45) is 10.4 Å². The van der Waals surface area contributed by atoms with Gasteiger partial charge in [-0.25, -0.2) is 0 Å². The van der Waals surface area contributed by atoms with E-state index in [0.29, 0.717) is 29.6 Å². The third kappa shape index (κ3) is 6.67. The first-order valence-electron chi connectivity index (χ1n) is 8.27. The van der Waals surface area contributed by atoms with Crippen molar-refractivity contribution in [1.29, 1.82) is 0 Å². The molecule has 0 aliphatic rings. The summed E-state index contributed by atoms with van der Waals surface area (Å²) >= 11 is 6.12. The van der Waals surface area contributed by atoms with Crippen molar-refractivity contribution in [3.63, 3.8) is 0 Å². The quantitative estimate of drug-likeness (QED) is 0.519. The monoisotopic (exact) mass is 355 g/mol. The zero-order valence-corrected chi connectivity index (χ0v) is 16.0. The van der Waals surface area contributed by atoms with Crippen molar-refractivity contribution in [2.45, 2.75) is 39.9 Å². The highest BCUT2D eigenvalue weighted by Crippen LogP contribution is 2.22. The Kier molecular flexibility index (Phi) is 8.53. The van der Waals surface area contributed by atoms with Crippen molar-refractivity contribution in [1.82, 2.24) is 10.6 Å². The van der Waals surface area contributed by atoms with Crippen LogP contribution in [0.2, 0.25) is 5.02 Å². The zero-order chi connectivity index (χ0) is 18.2. The summed E-state index contributed by atoms with van der Waals surface area (Å²) < 4.78 is 5.52. The fourth-order valence-corrected chi connectivity index (χ4v) is 2.53. The van der Waals surface area contributed by atoms with Gasteiger partial charge in [0.05, 0.1) is 18.8 Å². The van der Waals surface area contributed by atoms with E-state index >= 15 is 0 Å². The van der Waals surface area contributed by atoms with E-state index in [1.54, 1.807) is 13.2 Å². The number of aliphatic hydroxyl groups is 1. The summed E-state index contributed by atoms with van der Waals surface area (Å²) in [5.41, 5.74) is 0.708. The van der Waals surface area contributed by atoms with Crippen molar-refractivity contribution in [3.05, 3.63) is 34.9 Å². The van der Waals surface area contributed by atoms with Crippen LogP contribution < -0.4 is 10.6 Å². The molecule has 0 fully saturated rings. The second kappa shape index (κ2) is 9.87. The predicted octanol–water partition coefficient (Wildman–Crippen LogP) is 2.99. The third-order valence-electron chi connectivity index (χ3n) is 3.74. The zero-order valence-electron chi connectivity index (χ0n) is 15.3. The number of methoxy groups -OCH3 is 1. The number of benzene rings is 1. The molecule has 1 rings (SSSR count). The standard InChI is InChI=1S/C18H30ClN3O2/c1-6-20-17(22-12-16(24-5)18(2,3)4)21-11-15(23)13-9-7-8-10-14(13)19/h7-10,15-16,23H,6,11-12H2,1-5H3,(H2,20,21,22). The molecule has 136 valence electrons. The Labute approximate surface area is 150 Å². The van der Waals surface area contributed by atoms with Crippen molar-refractivity contribution < 1.29 is 9.84 Å². The lowest BCUT2D eigenvalue weighted by Crippen LogP contribution is -2.41. The van der Waals surface area contributed by atoms with Gasteiger partial charge in [-0.2, -0.15) is 0 Å². The second-order valence-electron chi connectivity index (χ2n) is 6.73. The smallest absolute Gasteiger partial charge is 0.191 e. The van der Waals surface area contributed by atoms with Gasteiger partial charge in [0.2, 0.25) is 0 Å². The summed E-state index contributed by atoms with van der Waals surface area (Å²) in [6, 6.07) is 7.29. The van der Waals surface area contributed by atoms with Crippen molar-refractivity contribution >= 4 is 17.6 Å². The molecule has 0 aliphatic heterocycles. The summed E-state index contributed by atoms with van der Waals surface area (Å²) in [7, 11) is 1.70. The predicted molar refractivity (Wildman–Crippen MR) is 101 cm³/mol. The Morgan fingerprint density at radius 3 is 2.50 bits per heavy atom. The van der Waals surface area contributed by atoms with Gasteiger partial charge in [0.1, 0.15) is 0 Å². The van der Waals surface area contributed by atoms with Gasteiger partial charge in [0.15, 0.2) is 5.96 Å². The molecule has 2 atom stereocenters. The molecular formula is C18H30ClN3O2. The molecule has 1 aromatic rings. The van der Waals surface area contributed by atoms with Crippen LogP contribution >= 0.6 is 11.6 Å². The van der Waals surface area contributed by atoms with E-state index in [2.05, 4.69) is 36.4 Å². The van der Waals surface area contributed by atoms with Gasteiger partial charge in [-0.05, 0) is 18.4 Å². The van der Waals surface area contributed by atoms with E-state index in [1.807, 2.05) is 25.1 Å². The van der Waals surface area contributed by atoms with Crippen LogP contribution in [0, 0.1) is 5.41 Å². The molecule has 0 heterocycles. The number of hydrogen-bond donors (Lipinski definition) is 3. The van der Waals surface area contributed by atoms with Crippen LogP contribution in [0.4, 0.5) is 0 Å². The number of aliphatic hydroxyl groups excluding tert-OH is 1. The number of rotatable bonds is 7. The van der Waals surface area contributed by atoms with Gasteiger partial charge in [-0.15, -0.1) is 0 Å². The molecule has 1 aromatic carbocycles. The Balaban J connectivity index is 2.69. The molecule has 0 radical (unpaired) electrons. The highest BCUT2D eigenvalue weighted by atomic mass is 35.5. The number of guanidine groups is 1. The molecule has 0 saturated heterocycles. The Bertz CT molecular complexity index is 529. The number of nitrogens with one attached hydrogen (secondary N) is 2. The number of hydrogen-bond acceptors (Lipinski definition) is 3. The van der Waals surface area contributed by atoms with E-state index < -0.39 is 6.10 Å². The van der Waals surface area contributed by atoms with E-state index in [0.717, 1.165) is 6.54 Å². The molecule has 24 heavy (non-hydrogen) atoms.